The number of hydrogen-bond acceptors (Lipinski definition) is 3. The molecule has 0 spiro atoms. The SMILES string of the molecule is CCCNCc1cc(F)ccc1OCCN1CCCCC1. The van der Waals surface area contributed by atoms with Gasteiger partial charge >= 0.3 is 0 Å². The van der Waals surface area contributed by atoms with Crippen LogP contribution in [0.1, 0.15) is 38.2 Å². The number of ether oxygens (including phenoxy) is 1. The van der Waals surface area contributed by atoms with Gasteiger partial charge in [0.1, 0.15) is 18.2 Å². The van der Waals surface area contributed by atoms with E-state index < -0.39 is 0 Å². The molecule has 1 heterocycles. The van der Waals surface area contributed by atoms with Gasteiger partial charge in [0, 0.05) is 18.7 Å². The Hall–Kier alpha value is -1.13. The lowest BCUT2D eigenvalue weighted by atomic mass is 10.1. The average molecular weight is 294 g/mol. The van der Waals surface area contributed by atoms with Crippen LogP contribution in [0.15, 0.2) is 18.2 Å². The van der Waals surface area contributed by atoms with Crippen LogP contribution < -0.4 is 10.1 Å². The van der Waals surface area contributed by atoms with Gasteiger partial charge in [-0.15, -0.1) is 0 Å². The number of rotatable bonds is 8. The molecule has 0 aliphatic carbocycles. The van der Waals surface area contributed by atoms with Crippen molar-refractivity contribution in [2.75, 3.05) is 32.8 Å². The zero-order valence-electron chi connectivity index (χ0n) is 13.0. The summed E-state index contributed by atoms with van der Waals surface area (Å²) in [6.45, 7) is 7.70. The molecule has 1 N–H and O–H groups in total. The second-order valence-electron chi connectivity index (χ2n) is 5.68. The molecule has 0 atom stereocenters. The summed E-state index contributed by atoms with van der Waals surface area (Å²) in [4.78, 5) is 2.45. The normalized spacial score (nSPS) is 16.1. The van der Waals surface area contributed by atoms with Crippen LogP contribution >= 0.6 is 0 Å². The van der Waals surface area contributed by atoms with Gasteiger partial charge in [-0.1, -0.05) is 13.3 Å². The number of nitrogens with one attached hydrogen (secondary N) is 1. The van der Waals surface area contributed by atoms with Gasteiger partial charge in [-0.2, -0.15) is 0 Å². The molecule has 4 heteroatoms. The molecule has 1 fully saturated rings. The second kappa shape index (κ2) is 9.00. The van der Waals surface area contributed by atoms with Crippen molar-refractivity contribution in [3.8, 4) is 5.75 Å². The van der Waals surface area contributed by atoms with E-state index in [9.17, 15) is 4.39 Å². The van der Waals surface area contributed by atoms with Crippen LogP contribution in [0.25, 0.3) is 0 Å². The van der Waals surface area contributed by atoms with Gasteiger partial charge < -0.3 is 10.1 Å². The van der Waals surface area contributed by atoms with E-state index in [-0.39, 0.29) is 5.82 Å². The maximum absolute atomic E-state index is 13.4. The Bertz CT molecular complexity index is 419. The summed E-state index contributed by atoms with van der Waals surface area (Å²) in [5.41, 5.74) is 0.905. The highest BCUT2D eigenvalue weighted by Gasteiger charge is 2.10. The molecule has 0 unspecified atom stereocenters. The van der Waals surface area contributed by atoms with Gasteiger partial charge in [-0.3, -0.25) is 4.90 Å². The first-order valence-corrected chi connectivity index (χ1v) is 8.14. The third-order valence-corrected chi connectivity index (χ3v) is 3.88. The van der Waals surface area contributed by atoms with Crippen LogP contribution in [0, 0.1) is 5.82 Å². The van der Waals surface area contributed by atoms with Crippen LogP contribution in [-0.2, 0) is 6.54 Å². The molecule has 1 aromatic carbocycles. The van der Waals surface area contributed by atoms with Crippen LogP contribution in [-0.4, -0.2) is 37.7 Å². The third kappa shape index (κ3) is 5.64. The molecule has 1 aromatic rings. The lowest BCUT2D eigenvalue weighted by Gasteiger charge is -2.26. The van der Waals surface area contributed by atoms with Crippen molar-refractivity contribution in [1.29, 1.82) is 0 Å². The van der Waals surface area contributed by atoms with Crippen molar-refractivity contribution in [3.05, 3.63) is 29.6 Å². The summed E-state index contributed by atoms with van der Waals surface area (Å²) < 4.78 is 19.3. The predicted octanol–water partition coefficient (Wildman–Crippen LogP) is 3.19. The first-order chi connectivity index (χ1) is 10.3. The molecule has 0 amide bonds. The summed E-state index contributed by atoms with van der Waals surface area (Å²) in [7, 11) is 0. The first-order valence-electron chi connectivity index (χ1n) is 8.14. The maximum Gasteiger partial charge on any atom is 0.124 e. The molecular formula is C17H27FN2O. The van der Waals surface area contributed by atoms with Gasteiger partial charge in [0.05, 0.1) is 0 Å². The van der Waals surface area contributed by atoms with Crippen LogP contribution in [0.5, 0.6) is 5.75 Å². The van der Waals surface area contributed by atoms with Crippen molar-refractivity contribution in [2.24, 2.45) is 0 Å². The highest BCUT2D eigenvalue weighted by atomic mass is 19.1. The van der Waals surface area contributed by atoms with E-state index in [0.717, 1.165) is 30.8 Å². The molecule has 1 saturated heterocycles. The topological polar surface area (TPSA) is 24.5 Å². The number of likely N-dealkylation sites (tertiary alicyclic amines) is 1. The zero-order chi connectivity index (χ0) is 14.9. The van der Waals surface area contributed by atoms with Gasteiger partial charge in [-0.05, 0) is 57.1 Å². The zero-order valence-corrected chi connectivity index (χ0v) is 13.0. The minimum Gasteiger partial charge on any atom is -0.492 e. The van der Waals surface area contributed by atoms with Crippen molar-refractivity contribution >= 4 is 0 Å². The standard InChI is InChI=1S/C17H27FN2O/c1-2-8-19-14-15-13-16(18)6-7-17(15)21-12-11-20-9-4-3-5-10-20/h6-7,13,19H,2-5,8-12,14H2,1H3. The van der Waals surface area contributed by atoms with Gasteiger partial charge in [0.2, 0.25) is 0 Å². The molecule has 2 rings (SSSR count). The Morgan fingerprint density at radius 2 is 2.05 bits per heavy atom. The number of piperidine rings is 1. The Morgan fingerprint density at radius 3 is 2.81 bits per heavy atom. The number of nitrogens with zero attached hydrogens (tertiary/aromatic N) is 1. The monoisotopic (exact) mass is 294 g/mol. The molecule has 21 heavy (non-hydrogen) atoms. The minimum atomic E-state index is -0.202. The Morgan fingerprint density at radius 1 is 1.24 bits per heavy atom. The molecule has 0 bridgehead atoms. The summed E-state index contributed by atoms with van der Waals surface area (Å²) >= 11 is 0. The van der Waals surface area contributed by atoms with Crippen molar-refractivity contribution in [2.45, 2.75) is 39.2 Å². The lowest BCUT2D eigenvalue weighted by Crippen LogP contribution is -2.33. The fourth-order valence-corrected chi connectivity index (χ4v) is 2.69. The Labute approximate surface area is 127 Å². The molecule has 1 aliphatic heterocycles. The van der Waals surface area contributed by atoms with Gasteiger partial charge in [0.25, 0.3) is 0 Å². The molecule has 0 radical (unpaired) electrons. The van der Waals surface area contributed by atoms with E-state index in [0.29, 0.717) is 13.2 Å². The average Bonchev–Trinajstić information content (AvgIpc) is 2.51. The van der Waals surface area contributed by atoms with Gasteiger partial charge in [0.15, 0.2) is 0 Å². The van der Waals surface area contributed by atoms with E-state index in [1.807, 2.05) is 0 Å². The van der Waals surface area contributed by atoms with Gasteiger partial charge in [-0.25, -0.2) is 4.39 Å². The molecule has 118 valence electrons. The van der Waals surface area contributed by atoms with E-state index >= 15 is 0 Å². The number of halogens is 1. The van der Waals surface area contributed by atoms with Crippen LogP contribution in [0.2, 0.25) is 0 Å². The van der Waals surface area contributed by atoms with E-state index in [4.69, 9.17) is 4.74 Å². The smallest absolute Gasteiger partial charge is 0.124 e. The molecule has 1 aliphatic rings. The fraction of sp³-hybridized carbons (Fsp3) is 0.647. The summed E-state index contributed by atoms with van der Waals surface area (Å²) in [5, 5.41) is 3.30. The molecular weight excluding hydrogens is 267 g/mol. The Kier molecular flexibility index (Phi) is 6.96. The molecule has 3 nitrogen and oxygen atoms in total. The minimum absolute atomic E-state index is 0.202. The van der Waals surface area contributed by atoms with Crippen molar-refractivity contribution in [1.82, 2.24) is 10.2 Å². The lowest BCUT2D eigenvalue weighted by molar-refractivity contribution is 0.182. The third-order valence-electron chi connectivity index (χ3n) is 3.88. The highest BCUT2D eigenvalue weighted by Crippen LogP contribution is 2.20. The second-order valence-corrected chi connectivity index (χ2v) is 5.68. The highest BCUT2D eigenvalue weighted by molar-refractivity contribution is 5.33. The Balaban J connectivity index is 1.82. The van der Waals surface area contributed by atoms with Crippen molar-refractivity contribution in [3.63, 3.8) is 0 Å². The van der Waals surface area contributed by atoms with E-state index in [1.54, 1.807) is 12.1 Å². The summed E-state index contributed by atoms with van der Waals surface area (Å²) in [5.74, 6) is 0.601. The van der Waals surface area contributed by atoms with Crippen LogP contribution in [0.3, 0.4) is 0 Å². The van der Waals surface area contributed by atoms with E-state index in [1.165, 1.54) is 38.4 Å². The van der Waals surface area contributed by atoms with Crippen molar-refractivity contribution < 1.29 is 9.13 Å². The molecule has 0 saturated carbocycles. The predicted molar refractivity (Wildman–Crippen MR) is 84.2 cm³/mol. The first kappa shape index (κ1) is 16.2. The van der Waals surface area contributed by atoms with E-state index in [2.05, 4.69) is 17.1 Å². The number of hydrogen-bond donors (Lipinski definition) is 1. The summed E-state index contributed by atoms with van der Waals surface area (Å²) in [6.07, 6.45) is 5.01. The maximum atomic E-state index is 13.4. The quantitative estimate of drug-likeness (QED) is 0.745. The number of benzene rings is 1. The summed E-state index contributed by atoms with van der Waals surface area (Å²) in [6, 6.07) is 4.78. The molecule has 0 aromatic heterocycles. The largest absolute Gasteiger partial charge is 0.492 e. The fourth-order valence-electron chi connectivity index (χ4n) is 2.69. The van der Waals surface area contributed by atoms with Crippen LogP contribution in [0.4, 0.5) is 4.39 Å².